The van der Waals surface area contributed by atoms with Crippen molar-refractivity contribution in [2.45, 2.75) is 31.6 Å². The van der Waals surface area contributed by atoms with E-state index in [1.54, 1.807) is 26.0 Å². The van der Waals surface area contributed by atoms with Crippen LogP contribution in [0.15, 0.2) is 27.6 Å². The zero-order valence-electron chi connectivity index (χ0n) is 12.7. The smallest absolute Gasteiger partial charge is 0.309 e. The molecule has 0 N–H and O–H groups in total. The van der Waals surface area contributed by atoms with E-state index in [1.165, 1.54) is 4.31 Å². The highest BCUT2D eigenvalue weighted by molar-refractivity contribution is 9.10. The first kappa shape index (κ1) is 17.4. The zero-order chi connectivity index (χ0) is 16.3. The molecule has 0 bridgehead atoms. The van der Waals surface area contributed by atoms with Gasteiger partial charge in [-0.3, -0.25) is 4.79 Å². The van der Waals surface area contributed by atoms with Crippen molar-refractivity contribution in [3.63, 3.8) is 0 Å². The number of benzene rings is 1. The van der Waals surface area contributed by atoms with Gasteiger partial charge in [-0.1, -0.05) is 22.0 Å². The molecule has 122 valence electrons. The van der Waals surface area contributed by atoms with Crippen LogP contribution in [-0.2, 0) is 19.6 Å². The van der Waals surface area contributed by atoms with E-state index in [4.69, 9.17) is 4.74 Å². The molecule has 0 spiro atoms. The fourth-order valence-corrected chi connectivity index (χ4v) is 4.82. The Morgan fingerprint density at radius 2 is 2.00 bits per heavy atom. The molecule has 1 fully saturated rings. The molecule has 0 saturated carbocycles. The van der Waals surface area contributed by atoms with Crippen LogP contribution >= 0.6 is 15.9 Å². The number of carbonyl (C=O) groups is 1. The first-order chi connectivity index (χ1) is 10.4. The van der Waals surface area contributed by atoms with Gasteiger partial charge in [-0.15, -0.1) is 0 Å². The monoisotopic (exact) mass is 389 g/mol. The van der Waals surface area contributed by atoms with Gasteiger partial charge < -0.3 is 4.74 Å². The summed E-state index contributed by atoms with van der Waals surface area (Å²) >= 11 is 3.31. The maximum Gasteiger partial charge on any atom is 0.309 e. The standard InChI is InChI=1S/C15H20BrNO4S/c1-3-21-15(18)12-6-8-17(9-7-12)22(19,20)14-10-13(16)5-4-11(14)2/h4-5,10,12H,3,6-9H2,1-2H3. The summed E-state index contributed by atoms with van der Waals surface area (Å²) in [7, 11) is -3.53. The van der Waals surface area contributed by atoms with E-state index < -0.39 is 10.0 Å². The van der Waals surface area contributed by atoms with Gasteiger partial charge in [-0.25, -0.2) is 8.42 Å². The molecule has 5 nitrogen and oxygen atoms in total. The third kappa shape index (κ3) is 3.70. The first-order valence-corrected chi connectivity index (χ1v) is 9.52. The van der Waals surface area contributed by atoms with E-state index in [1.807, 2.05) is 6.07 Å². The number of nitrogens with zero attached hydrogens (tertiary/aromatic N) is 1. The minimum atomic E-state index is -3.53. The molecule has 2 rings (SSSR count). The lowest BCUT2D eigenvalue weighted by atomic mass is 9.98. The second-order valence-electron chi connectivity index (χ2n) is 5.34. The van der Waals surface area contributed by atoms with Gasteiger partial charge >= 0.3 is 5.97 Å². The number of ether oxygens (including phenoxy) is 1. The van der Waals surface area contributed by atoms with Crippen molar-refractivity contribution in [3.8, 4) is 0 Å². The van der Waals surface area contributed by atoms with Crippen molar-refractivity contribution in [1.82, 2.24) is 4.31 Å². The lowest BCUT2D eigenvalue weighted by molar-refractivity contribution is -0.149. The molecule has 0 aliphatic carbocycles. The zero-order valence-corrected chi connectivity index (χ0v) is 15.1. The lowest BCUT2D eigenvalue weighted by Gasteiger charge is -2.30. The molecule has 22 heavy (non-hydrogen) atoms. The largest absolute Gasteiger partial charge is 0.466 e. The number of aryl methyl sites for hydroxylation is 1. The molecule has 0 unspecified atom stereocenters. The van der Waals surface area contributed by atoms with Crippen LogP contribution in [0.3, 0.4) is 0 Å². The number of hydrogen-bond acceptors (Lipinski definition) is 4. The summed E-state index contributed by atoms with van der Waals surface area (Å²) in [6.07, 6.45) is 1.01. The summed E-state index contributed by atoms with van der Waals surface area (Å²) in [6, 6.07) is 5.23. The number of hydrogen-bond donors (Lipinski definition) is 0. The average Bonchev–Trinajstić information content (AvgIpc) is 2.50. The second kappa shape index (κ2) is 7.10. The van der Waals surface area contributed by atoms with E-state index in [0.29, 0.717) is 37.4 Å². The van der Waals surface area contributed by atoms with Gasteiger partial charge in [-0.05, 0) is 44.4 Å². The Balaban J connectivity index is 2.13. The minimum Gasteiger partial charge on any atom is -0.466 e. The molecule has 0 aromatic heterocycles. The van der Waals surface area contributed by atoms with Crippen molar-refractivity contribution in [2.75, 3.05) is 19.7 Å². The third-order valence-electron chi connectivity index (χ3n) is 3.84. The van der Waals surface area contributed by atoms with Gasteiger partial charge in [0.1, 0.15) is 0 Å². The minimum absolute atomic E-state index is 0.199. The molecule has 1 aromatic rings. The first-order valence-electron chi connectivity index (χ1n) is 7.29. The molecule has 7 heteroatoms. The van der Waals surface area contributed by atoms with Gasteiger partial charge in [0.25, 0.3) is 0 Å². The molecule has 1 aliphatic heterocycles. The highest BCUT2D eigenvalue weighted by Gasteiger charge is 2.33. The van der Waals surface area contributed by atoms with E-state index in [-0.39, 0.29) is 11.9 Å². The Morgan fingerprint density at radius 3 is 2.59 bits per heavy atom. The Hall–Kier alpha value is -0.920. The van der Waals surface area contributed by atoms with Gasteiger partial charge in [0.05, 0.1) is 17.4 Å². The summed E-state index contributed by atoms with van der Waals surface area (Å²) in [5.41, 5.74) is 0.718. The van der Waals surface area contributed by atoms with Crippen LogP contribution in [0, 0.1) is 12.8 Å². The molecule has 1 aliphatic rings. The van der Waals surface area contributed by atoms with Crippen LogP contribution < -0.4 is 0 Å². The van der Waals surface area contributed by atoms with E-state index in [9.17, 15) is 13.2 Å². The summed E-state index contributed by atoms with van der Waals surface area (Å²) in [5, 5.41) is 0. The van der Waals surface area contributed by atoms with Crippen LogP contribution in [0.5, 0.6) is 0 Å². The van der Waals surface area contributed by atoms with Gasteiger partial charge in [0.15, 0.2) is 0 Å². The van der Waals surface area contributed by atoms with Crippen LogP contribution in [0.2, 0.25) is 0 Å². The molecular weight excluding hydrogens is 370 g/mol. The Morgan fingerprint density at radius 1 is 1.36 bits per heavy atom. The summed E-state index contributed by atoms with van der Waals surface area (Å²) in [4.78, 5) is 12.0. The van der Waals surface area contributed by atoms with Gasteiger partial charge in [0, 0.05) is 17.6 Å². The number of sulfonamides is 1. The molecular formula is C15H20BrNO4S. The fraction of sp³-hybridized carbons (Fsp3) is 0.533. The van der Waals surface area contributed by atoms with Crippen LogP contribution in [-0.4, -0.2) is 38.4 Å². The third-order valence-corrected chi connectivity index (χ3v) is 6.38. The number of esters is 1. The highest BCUT2D eigenvalue weighted by atomic mass is 79.9. The normalized spacial score (nSPS) is 17.4. The quantitative estimate of drug-likeness (QED) is 0.742. The summed E-state index contributed by atoms with van der Waals surface area (Å²) < 4.78 is 32.7. The average molecular weight is 390 g/mol. The van der Waals surface area contributed by atoms with Gasteiger partial charge in [-0.2, -0.15) is 4.31 Å². The lowest BCUT2D eigenvalue weighted by Crippen LogP contribution is -2.40. The van der Waals surface area contributed by atoms with Crippen LogP contribution in [0.4, 0.5) is 0 Å². The Labute approximate surface area is 139 Å². The topological polar surface area (TPSA) is 63.7 Å². The summed E-state index contributed by atoms with van der Waals surface area (Å²) in [5.74, 6) is -0.423. The number of carbonyl (C=O) groups excluding carboxylic acids is 1. The highest BCUT2D eigenvalue weighted by Crippen LogP contribution is 2.28. The Bertz CT molecular complexity index is 652. The molecule has 1 heterocycles. The number of piperidine rings is 1. The molecule has 0 amide bonds. The van der Waals surface area contributed by atoms with Crippen LogP contribution in [0.25, 0.3) is 0 Å². The van der Waals surface area contributed by atoms with E-state index in [2.05, 4.69) is 15.9 Å². The van der Waals surface area contributed by atoms with Gasteiger partial charge in [0.2, 0.25) is 10.0 Å². The second-order valence-corrected chi connectivity index (χ2v) is 8.16. The molecule has 0 atom stereocenters. The Kier molecular flexibility index (Phi) is 5.63. The number of rotatable bonds is 4. The SMILES string of the molecule is CCOC(=O)C1CCN(S(=O)(=O)c2cc(Br)ccc2C)CC1. The molecule has 1 aromatic carbocycles. The van der Waals surface area contributed by atoms with Crippen molar-refractivity contribution in [1.29, 1.82) is 0 Å². The molecule has 1 saturated heterocycles. The van der Waals surface area contributed by atoms with Crippen molar-refractivity contribution in [2.24, 2.45) is 5.92 Å². The van der Waals surface area contributed by atoms with Crippen molar-refractivity contribution >= 4 is 31.9 Å². The van der Waals surface area contributed by atoms with Crippen LogP contribution in [0.1, 0.15) is 25.3 Å². The van der Waals surface area contributed by atoms with Crippen molar-refractivity contribution < 1.29 is 17.9 Å². The predicted molar refractivity (Wildman–Crippen MR) is 87.0 cm³/mol. The maximum atomic E-state index is 12.8. The predicted octanol–water partition coefficient (Wildman–Crippen LogP) is 2.72. The molecule has 0 radical (unpaired) electrons. The number of halogens is 1. The van der Waals surface area contributed by atoms with Crippen molar-refractivity contribution in [3.05, 3.63) is 28.2 Å². The van der Waals surface area contributed by atoms with E-state index >= 15 is 0 Å². The fourth-order valence-electron chi connectivity index (χ4n) is 2.58. The summed E-state index contributed by atoms with van der Waals surface area (Å²) in [6.45, 7) is 4.60. The maximum absolute atomic E-state index is 12.8. The van der Waals surface area contributed by atoms with E-state index in [0.717, 1.165) is 10.0 Å².